The van der Waals surface area contributed by atoms with Crippen LogP contribution in [0, 0.1) is 0 Å². The summed E-state index contributed by atoms with van der Waals surface area (Å²) in [5, 5.41) is 19.9. The van der Waals surface area contributed by atoms with Crippen LogP contribution in [-0.2, 0) is 15.8 Å². The van der Waals surface area contributed by atoms with E-state index in [9.17, 15) is 13.5 Å². The highest BCUT2D eigenvalue weighted by Crippen LogP contribution is 2.34. The summed E-state index contributed by atoms with van der Waals surface area (Å²) in [5.74, 6) is -0.147. The Morgan fingerprint density at radius 2 is 2.00 bits per heavy atom. The minimum Gasteiger partial charge on any atom is -0.494 e. The molecule has 0 spiro atoms. The van der Waals surface area contributed by atoms with Gasteiger partial charge in [0.2, 0.25) is 10.0 Å². The van der Waals surface area contributed by atoms with E-state index in [0.717, 1.165) is 21.1 Å². The van der Waals surface area contributed by atoms with E-state index < -0.39 is 10.0 Å². The molecular formula is C19H18N4O4S2. The molecule has 0 aliphatic carbocycles. The van der Waals surface area contributed by atoms with Crippen LogP contribution in [0.1, 0.15) is 11.1 Å². The van der Waals surface area contributed by atoms with E-state index in [1.165, 1.54) is 11.3 Å². The predicted octanol–water partition coefficient (Wildman–Crippen LogP) is 2.65. The molecule has 0 unspecified atom stereocenters. The lowest BCUT2D eigenvalue weighted by Crippen LogP contribution is -2.27. The fraction of sp³-hybridized carbons (Fsp3) is 0.158. The van der Waals surface area contributed by atoms with Crippen LogP contribution >= 0.6 is 11.3 Å². The van der Waals surface area contributed by atoms with Crippen molar-refractivity contribution in [2.45, 2.75) is 5.75 Å². The van der Waals surface area contributed by atoms with Crippen molar-refractivity contribution in [2.75, 3.05) is 13.2 Å². The first kappa shape index (κ1) is 19.5. The van der Waals surface area contributed by atoms with Crippen molar-refractivity contribution in [3.05, 3.63) is 53.0 Å². The smallest absolute Gasteiger partial charge is 0.215 e. The molecule has 2 aromatic carbocycles. The number of thiazole rings is 1. The summed E-state index contributed by atoms with van der Waals surface area (Å²) >= 11 is 1.50. The highest BCUT2D eigenvalue weighted by Gasteiger charge is 2.14. The normalized spacial score (nSPS) is 12.4. The van der Waals surface area contributed by atoms with Gasteiger partial charge >= 0.3 is 0 Å². The molecule has 8 nitrogen and oxygen atoms in total. The lowest BCUT2D eigenvalue weighted by atomic mass is 10.1. The van der Waals surface area contributed by atoms with E-state index in [-0.39, 0.29) is 24.8 Å². The van der Waals surface area contributed by atoms with Gasteiger partial charge < -0.3 is 15.2 Å². The molecule has 0 atom stereocenters. The number of aromatic hydroxyl groups is 1. The number of aliphatic imine (C=N–C) groups is 1. The van der Waals surface area contributed by atoms with Crippen LogP contribution in [0.2, 0.25) is 0 Å². The highest BCUT2D eigenvalue weighted by molar-refractivity contribution is 7.88. The van der Waals surface area contributed by atoms with Crippen molar-refractivity contribution in [1.82, 2.24) is 14.7 Å². The van der Waals surface area contributed by atoms with Crippen molar-refractivity contribution in [3.63, 3.8) is 0 Å². The van der Waals surface area contributed by atoms with Crippen molar-refractivity contribution in [2.24, 2.45) is 4.99 Å². The average molecular weight is 431 g/mol. The number of hydrogen-bond donors (Lipinski definition) is 4. The molecule has 2 aromatic heterocycles. The van der Waals surface area contributed by atoms with Gasteiger partial charge in [0.1, 0.15) is 0 Å². The second kappa shape index (κ2) is 7.91. The fourth-order valence-corrected chi connectivity index (χ4v) is 5.01. The van der Waals surface area contributed by atoms with Crippen molar-refractivity contribution in [3.8, 4) is 5.88 Å². The van der Waals surface area contributed by atoms with Crippen LogP contribution in [0.15, 0.2) is 46.9 Å². The minimum absolute atomic E-state index is 0.00808. The Balaban J connectivity index is 1.58. The number of rotatable bonds is 7. The van der Waals surface area contributed by atoms with Crippen LogP contribution in [-0.4, -0.2) is 48.0 Å². The van der Waals surface area contributed by atoms with Crippen molar-refractivity contribution >= 4 is 54.4 Å². The number of aliphatic hydroxyl groups is 1. The molecule has 150 valence electrons. The molecule has 4 N–H and O–H groups in total. The molecule has 0 radical (unpaired) electrons. The van der Waals surface area contributed by atoms with Crippen LogP contribution in [0.25, 0.3) is 21.1 Å². The quantitative estimate of drug-likeness (QED) is 0.335. The fourth-order valence-electron chi connectivity index (χ4n) is 3.03. The largest absolute Gasteiger partial charge is 0.494 e. The lowest BCUT2D eigenvalue weighted by molar-refractivity contribution is 0.301. The van der Waals surface area contributed by atoms with E-state index in [4.69, 9.17) is 5.11 Å². The Hall–Kier alpha value is -2.79. The summed E-state index contributed by atoms with van der Waals surface area (Å²) in [5.41, 5.74) is 5.23. The third-order valence-corrected chi connectivity index (χ3v) is 6.56. The molecule has 0 bridgehead atoms. The molecule has 29 heavy (non-hydrogen) atoms. The molecule has 0 saturated carbocycles. The van der Waals surface area contributed by atoms with Crippen molar-refractivity contribution < 1.29 is 18.6 Å². The van der Waals surface area contributed by atoms with E-state index in [1.807, 2.05) is 12.1 Å². The number of benzene rings is 2. The summed E-state index contributed by atoms with van der Waals surface area (Å²) in [7, 11) is -3.49. The monoisotopic (exact) mass is 430 g/mol. The number of H-pyrrole nitrogens is 1. The average Bonchev–Trinajstić information content (AvgIpc) is 3.29. The Kier molecular flexibility index (Phi) is 5.33. The molecule has 0 aliphatic rings. The number of fused-ring (bicyclic) bond motifs is 3. The van der Waals surface area contributed by atoms with E-state index in [1.54, 1.807) is 36.0 Å². The second-order valence-corrected chi connectivity index (χ2v) is 9.04. The molecule has 4 rings (SSSR count). The van der Waals surface area contributed by atoms with Crippen LogP contribution in [0.4, 0.5) is 5.69 Å². The first-order valence-electron chi connectivity index (χ1n) is 8.75. The molecule has 10 heteroatoms. The second-order valence-electron chi connectivity index (χ2n) is 6.38. The van der Waals surface area contributed by atoms with Crippen LogP contribution in [0.3, 0.4) is 0 Å². The zero-order valence-corrected chi connectivity index (χ0v) is 16.8. The molecule has 4 aromatic rings. The molecular weight excluding hydrogens is 412 g/mol. The maximum atomic E-state index is 11.9. The summed E-state index contributed by atoms with van der Waals surface area (Å²) in [6, 6.07) is 10.5. The minimum atomic E-state index is -3.49. The Morgan fingerprint density at radius 3 is 2.76 bits per heavy atom. The number of nitrogens with one attached hydrogen (secondary N) is 2. The topological polar surface area (TPSA) is 128 Å². The number of aliphatic hydroxyl groups excluding tert-OH is 1. The third-order valence-electron chi connectivity index (χ3n) is 4.35. The van der Waals surface area contributed by atoms with Gasteiger partial charge in [-0.05, 0) is 29.8 Å². The van der Waals surface area contributed by atoms with Crippen LogP contribution in [0.5, 0.6) is 5.88 Å². The van der Waals surface area contributed by atoms with E-state index >= 15 is 0 Å². The van der Waals surface area contributed by atoms with Gasteiger partial charge in [0.25, 0.3) is 0 Å². The van der Waals surface area contributed by atoms with Gasteiger partial charge in [0.05, 0.1) is 44.9 Å². The molecule has 0 saturated heterocycles. The summed E-state index contributed by atoms with van der Waals surface area (Å²) < 4.78 is 27.0. The van der Waals surface area contributed by atoms with Gasteiger partial charge in [0.15, 0.2) is 5.88 Å². The summed E-state index contributed by atoms with van der Waals surface area (Å²) in [6.07, 6.45) is 1.59. The number of aromatic nitrogens is 2. The maximum absolute atomic E-state index is 11.9. The summed E-state index contributed by atoms with van der Waals surface area (Å²) in [4.78, 5) is 11.7. The first-order valence-corrected chi connectivity index (χ1v) is 11.3. The Morgan fingerprint density at radius 1 is 1.21 bits per heavy atom. The number of hydrogen-bond acceptors (Lipinski definition) is 7. The van der Waals surface area contributed by atoms with E-state index in [0.29, 0.717) is 16.8 Å². The van der Waals surface area contributed by atoms with Crippen molar-refractivity contribution in [1.29, 1.82) is 0 Å². The summed E-state index contributed by atoms with van der Waals surface area (Å²) in [6.45, 7) is -0.257. The zero-order chi connectivity index (χ0) is 20.4. The predicted molar refractivity (Wildman–Crippen MR) is 115 cm³/mol. The van der Waals surface area contributed by atoms with E-state index in [2.05, 4.69) is 19.7 Å². The number of sulfonamides is 1. The third kappa shape index (κ3) is 4.15. The van der Waals surface area contributed by atoms with Gasteiger partial charge in [-0.15, -0.1) is 11.3 Å². The molecule has 0 amide bonds. The SMILES string of the molecule is O=S(=O)(Cc1ccc(N=Cc2c(O)[nH]c3ccc4ncsc4c23)cc1)NCCO. The molecule has 0 fully saturated rings. The first-order chi connectivity index (χ1) is 14.0. The molecule has 0 aliphatic heterocycles. The zero-order valence-electron chi connectivity index (χ0n) is 15.2. The number of nitrogens with zero attached hydrogens (tertiary/aromatic N) is 2. The molecule has 2 heterocycles. The Bertz CT molecular complexity index is 1290. The van der Waals surface area contributed by atoms with Gasteiger partial charge in [-0.1, -0.05) is 12.1 Å². The van der Waals surface area contributed by atoms with Gasteiger partial charge in [0, 0.05) is 18.1 Å². The van der Waals surface area contributed by atoms with Gasteiger partial charge in [-0.25, -0.2) is 18.1 Å². The van der Waals surface area contributed by atoms with Crippen LogP contribution < -0.4 is 4.72 Å². The van der Waals surface area contributed by atoms with Gasteiger partial charge in [-0.2, -0.15) is 0 Å². The van der Waals surface area contributed by atoms with Gasteiger partial charge in [-0.3, -0.25) is 4.99 Å². The lowest BCUT2D eigenvalue weighted by Gasteiger charge is -2.05. The maximum Gasteiger partial charge on any atom is 0.215 e. The Labute approximate surface area is 170 Å². The highest BCUT2D eigenvalue weighted by atomic mass is 32.2. The number of aromatic amines is 1. The standard InChI is InChI=1S/C19H18N4O4S2/c24-8-7-22-29(26,27)10-12-1-3-13(4-2-12)20-9-14-17-15(23-19(14)25)5-6-16-18(17)28-11-21-16/h1-6,9,11,22-25H,7-8,10H2.